The SMILES string of the molecule is Cc1n[nH]c(=S)n1/N=C\c1ccc(-c2ccc(C(=O)O)cc2)o1. The summed E-state index contributed by atoms with van der Waals surface area (Å²) in [6.45, 7) is 1.78. The largest absolute Gasteiger partial charge is 0.478 e. The molecule has 2 aromatic heterocycles. The minimum atomic E-state index is -0.962. The fraction of sp³-hybridized carbons (Fsp3) is 0.0667. The Bertz CT molecular complexity index is 934. The summed E-state index contributed by atoms with van der Waals surface area (Å²) in [6, 6.07) is 10.0. The van der Waals surface area contributed by atoms with Crippen LogP contribution in [0.4, 0.5) is 0 Å². The molecule has 8 heteroatoms. The lowest BCUT2D eigenvalue weighted by Crippen LogP contribution is -1.94. The highest BCUT2D eigenvalue weighted by atomic mass is 32.1. The lowest BCUT2D eigenvalue weighted by atomic mass is 10.1. The highest BCUT2D eigenvalue weighted by molar-refractivity contribution is 7.71. The van der Waals surface area contributed by atoms with Crippen molar-refractivity contribution < 1.29 is 14.3 Å². The fourth-order valence-corrected chi connectivity index (χ4v) is 2.20. The molecule has 0 saturated heterocycles. The highest BCUT2D eigenvalue weighted by Crippen LogP contribution is 2.22. The summed E-state index contributed by atoms with van der Waals surface area (Å²) in [7, 11) is 0. The minimum absolute atomic E-state index is 0.229. The van der Waals surface area contributed by atoms with Crippen LogP contribution < -0.4 is 0 Å². The van der Waals surface area contributed by atoms with Gasteiger partial charge in [0.2, 0.25) is 4.77 Å². The van der Waals surface area contributed by atoms with E-state index in [0.29, 0.717) is 22.1 Å². The molecule has 0 radical (unpaired) electrons. The summed E-state index contributed by atoms with van der Waals surface area (Å²) in [5, 5.41) is 19.7. The third-order valence-corrected chi connectivity index (χ3v) is 3.42. The number of nitrogens with one attached hydrogen (secondary N) is 1. The van der Waals surface area contributed by atoms with Gasteiger partial charge in [-0.1, -0.05) is 12.1 Å². The van der Waals surface area contributed by atoms with Crippen molar-refractivity contribution in [3.05, 3.63) is 58.3 Å². The van der Waals surface area contributed by atoms with Crippen LogP contribution >= 0.6 is 12.2 Å². The third kappa shape index (κ3) is 3.11. The van der Waals surface area contributed by atoms with Gasteiger partial charge in [-0.05, 0) is 43.4 Å². The van der Waals surface area contributed by atoms with E-state index in [1.54, 1.807) is 31.2 Å². The molecule has 0 unspecified atom stereocenters. The van der Waals surface area contributed by atoms with E-state index in [1.807, 2.05) is 0 Å². The zero-order valence-electron chi connectivity index (χ0n) is 12.1. The molecule has 23 heavy (non-hydrogen) atoms. The van der Waals surface area contributed by atoms with E-state index in [0.717, 1.165) is 5.56 Å². The van der Waals surface area contributed by atoms with Crippen LogP contribution in [0.5, 0.6) is 0 Å². The summed E-state index contributed by atoms with van der Waals surface area (Å²) in [5.74, 6) is 0.846. The van der Waals surface area contributed by atoms with Gasteiger partial charge in [0, 0.05) is 5.56 Å². The number of furan rings is 1. The topological polar surface area (TPSA) is 96.4 Å². The number of carboxylic acid groups (broad SMARTS) is 1. The monoisotopic (exact) mass is 328 g/mol. The second-order valence-electron chi connectivity index (χ2n) is 4.72. The third-order valence-electron chi connectivity index (χ3n) is 3.16. The van der Waals surface area contributed by atoms with Gasteiger partial charge in [-0.3, -0.25) is 5.10 Å². The van der Waals surface area contributed by atoms with Crippen LogP contribution in [0, 0.1) is 11.7 Å². The first-order valence-corrected chi connectivity index (χ1v) is 7.07. The number of aryl methyl sites for hydroxylation is 1. The molecule has 2 N–H and O–H groups in total. The number of rotatable bonds is 4. The standard InChI is InChI=1S/C15H12N4O3S/c1-9-17-18-15(23)19(9)16-8-12-6-7-13(22-12)10-2-4-11(5-3-10)14(20)21/h2-8H,1H3,(H,18,23)(H,20,21)/b16-8-. The quantitative estimate of drug-likeness (QED) is 0.567. The Kier molecular flexibility index (Phi) is 3.90. The molecule has 0 saturated carbocycles. The molecule has 0 bridgehead atoms. The second-order valence-corrected chi connectivity index (χ2v) is 5.10. The van der Waals surface area contributed by atoms with E-state index in [4.69, 9.17) is 21.7 Å². The van der Waals surface area contributed by atoms with Crippen LogP contribution in [0.15, 0.2) is 45.9 Å². The Labute approximate surface area is 135 Å². The number of carbonyl (C=O) groups is 1. The predicted molar refractivity (Wildman–Crippen MR) is 86.2 cm³/mol. The first-order chi connectivity index (χ1) is 11.0. The molecule has 7 nitrogen and oxygen atoms in total. The number of aromatic amines is 1. The van der Waals surface area contributed by atoms with Gasteiger partial charge in [0.15, 0.2) is 0 Å². The Hall–Kier alpha value is -3.00. The van der Waals surface area contributed by atoms with Gasteiger partial charge in [0.25, 0.3) is 0 Å². The molecule has 0 aliphatic carbocycles. The molecule has 0 amide bonds. The summed E-state index contributed by atoms with van der Waals surface area (Å²) in [5.41, 5.74) is 1.01. The molecular weight excluding hydrogens is 316 g/mol. The summed E-state index contributed by atoms with van der Waals surface area (Å²) >= 11 is 5.06. The van der Waals surface area contributed by atoms with Gasteiger partial charge in [0.05, 0.1) is 11.8 Å². The van der Waals surface area contributed by atoms with E-state index >= 15 is 0 Å². The van der Waals surface area contributed by atoms with Crippen LogP contribution in [-0.2, 0) is 0 Å². The van der Waals surface area contributed by atoms with E-state index < -0.39 is 5.97 Å². The van der Waals surface area contributed by atoms with Crippen molar-refractivity contribution in [1.29, 1.82) is 0 Å². The molecule has 0 aliphatic heterocycles. The van der Waals surface area contributed by atoms with Crippen LogP contribution in [-0.4, -0.2) is 32.2 Å². The lowest BCUT2D eigenvalue weighted by molar-refractivity contribution is 0.0697. The summed E-state index contributed by atoms with van der Waals surface area (Å²) in [6.07, 6.45) is 1.54. The van der Waals surface area contributed by atoms with Crippen molar-refractivity contribution in [3.8, 4) is 11.3 Å². The number of benzene rings is 1. The molecule has 0 spiro atoms. The molecule has 116 valence electrons. The van der Waals surface area contributed by atoms with Crippen LogP contribution in [0.25, 0.3) is 11.3 Å². The van der Waals surface area contributed by atoms with Gasteiger partial charge in [-0.25, -0.2) is 4.79 Å². The summed E-state index contributed by atoms with van der Waals surface area (Å²) in [4.78, 5) is 10.8. The molecule has 0 aliphatic rings. The van der Waals surface area contributed by atoms with Gasteiger partial charge in [0.1, 0.15) is 17.3 Å². The van der Waals surface area contributed by atoms with Crippen molar-refractivity contribution in [2.75, 3.05) is 0 Å². The predicted octanol–water partition coefficient (Wildman–Crippen LogP) is 3.09. The Morgan fingerprint density at radius 1 is 1.35 bits per heavy atom. The van der Waals surface area contributed by atoms with Gasteiger partial charge in [-0.2, -0.15) is 14.9 Å². The Morgan fingerprint density at radius 2 is 2.09 bits per heavy atom. The van der Waals surface area contributed by atoms with Crippen molar-refractivity contribution in [3.63, 3.8) is 0 Å². The Morgan fingerprint density at radius 3 is 2.70 bits per heavy atom. The highest BCUT2D eigenvalue weighted by Gasteiger charge is 2.06. The van der Waals surface area contributed by atoms with Crippen LogP contribution in [0.2, 0.25) is 0 Å². The van der Waals surface area contributed by atoms with E-state index in [-0.39, 0.29) is 5.56 Å². The number of H-pyrrole nitrogens is 1. The lowest BCUT2D eigenvalue weighted by Gasteiger charge is -1.98. The van der Waals surface area contributed by atoms with Crippen molar-refractivity contribution in [1.82, 2.24) is 14.9 Å². The maximum absolute atomic E-state index is 10.8. The zero-order chi connectivity index (χ0) is 16.4. The van der Waals surface area contributed by atoms with E-state index in [1.165, 1.54) is 23.0 Å². The van der Waals surface area contributed by atoms with Crippen molar-refractivity contribution in [2.45, 2.75) is 6.92 Å². The number of aromatic carboxylic acids is 1. The number of nitrogens with zero attached hydrogens (tertiary/aromatic N) is 3. The second kappa shape index (κ2) is 6.01. The molecule has 1 aromatic carbocycles. The van der Waals surface area contributed by atoms with Crippen molar-refractivity contribution >= 4 is 24.4 Å². The van der Waals surface area contributed by atoms with Gasteiger partial charge < -0.3 is 9.52 Å². The average molecular weight is 328 g/mol. The number of hydrogen-bond acceptors (Lipinski definition) is 5. The van der Waals surface area contributed by atoms with E-state index in [9.17, 15) is 4.79 Å². The number of hydrogen-bond donors (Lipinski definition) is 2. The molecule has 0 atom stereocenters. The van der Waals surface area contributed by atoms with E-state index in [2.05, 4.69) is 15.3 Å². The smallest absolute Gasteiger partial charge is 0.335 e. The fourth-order valence-electron chi connectivity index (χ4n) is 1.98. The average Bonchev–Trinajstić information content (AvgIpc) is 3.13. The first kappa shape index (κ1) is 14.9. The molecular formula is C15H12N4O3S. The normalized spacial score (nSPS) is 11.2. The maximum Gasteiger partial charge on any atom is 0.335 e. The molecule has 0 fully saturated rings. The van der Waals surface area contributed by atoms with Gasteiger partial charge >= 0.3 is 5.97 Å². The first-order valence-electron chi connectivity index (χ1n) is 6.66. The minimum Gasteiger partial charge on any atom is -0.478 e. The Balaban J connectivity index is 1.83. The molecule has 3 rings (SSSR count). The molecule has 3 aromatic rings. The van der Waals surface area contributed by atoms with Crippen LogP contribution in [0.1, 0.15) is 21.9 Å². The van der Waals surface area contributed by atoms with Crippen LogP contribution in [0.3, 0.4) is 0 Å². The number of carboxylic acids is 1. The maximum atomic E-state index is 10.8. The zero-order valence-corrected chi connectivity index (χ0v) is 12.9. The van der Waals surface area contributed by atoms with Crippen molar-refractivity contribution in [2.24, 2.45) is 5.10 Å². The molecule has 2 heterocycles. The summed E-state index contributed by atoms with van der Waals surface area (Å²) < 4.78 is 7.56. The van der Waals surface area contributed by atoms with Gasteiger partial charge in [-0.15, -0.1) is 0 Å². The number of aromatic nitrogens is 3.